The Morgan fingerprint density at radius 1 is 0.281 bits per heavy atom. The van der Waals surface area contributed by atoms with E-state index in [-0.39, 0.29) is 25.7 Å². The molecule has 19 heteroatoms. The Morgan fingerprint density at radius 3 is 0.708 bits per heavy atom. The summed E-state index contributed by atoms with van der Waals surface area (Å²) in [6.45, 7) is 11.9. The van der Waals surface area contributed by atoms with Crippen LogP contribution in [-0.4, -0.2) is 96.7 Å². The highest BCUT2D eigenvalue weighted by Crippen LogP contribution is 2.45. The number of hydrogen-bond donors (Lipinski definition) is 3. The Labute approximate surface area is 588 Å². The second-order valence-electron chi connectivity index (χ2n) is 29.2. The zero-order chi connectivity index (χ0) is 70.9. The number of phosphoric acid groups is 2. The summed E-state index contributed by atoms with van der Waals surface area (Å²) in [4.78, 5) is 72.8. The molecule has 0 aliphatic heterocycles. The SMILES string of the molecule is CCCCCCCCCCCCCCCCCCC(=O)OC[C@H](COP(=O)(O)OC[C@@H](O)COP(=O)(O)OC[C@@H](COC(=O)CCCCCCCCC(C)C)OC(=O)CCCCCCCCCCCCCCC(C)C)OC(=O)CCCCCCCCCCCCCCCC(C)C. The van der Waals surface area contributed by atoms with Crippen LogP contribution in [0.25, 0.3) is 0 Å². The fourth-order valence-electron chi connectivity index (χ4n) is 11.8. The van der Waals surface area contributed by atoms with Crippen molar-refractivity contribution in [2.24, 2.45) is 17.8 Å². The molecule has 0 aromatic heterocycles. The van der Waals surface area contributed by atoms with Gasteiger partial charge >= 0.3 is 39.5 Å². The first-order chi connectivity index (χ1) is 46.2. The number of unbranched alkanes of at least 4 members (excludes halogenated alkanes) is 43. The van der Waals surface area contributed by atoms with E-state index in [1.807, 2.05) is 0 Å². The van der Waals surface area contributed by atoms with Crippen molar-refractivity contribution in [2.75, 3.05) is 39.6 Å². The molecule has 0 heterocycles. The van der Waals surface area contributed by atoms with E-state index in [0.717, 1.165) is 108 Å². The lowest BCUT2D eigenvalue weighted by Gasteiger charge is -2.21. The van der Waals surface area contributed by atoms with E-state index in [2.05, 4.69) is 48.5 Å². The topological polar surface area (TPSA) is 237 Å². The van der Waals surface area contributed by atoms with E-state index in [9.17, 15) is 43.2 Å². The van der Waals surface area contributed by atoms with Crippen LogP contribution < -0.4 is 0 Å². The summed E-state index contributed by atoms with van der Waals surface area (Å²) in [6.07, 6.45) is 54.2. The lowest BCUT2D eigenvalue weighted by Crippen LogP contribution is -2.30. The molecule has 0 saturated heterocycles. The molecular weight excluding hydrogens is 1260 g/mol. The molecule has 0 saturated carbocycles. The number of aliphatic hydroxyl groups is 1. The Balaban J connectivity index is 5.24. The third kappa shape index (κ3) is 70.5. The van der Waals surface area contributed by atoms with Crippen molar-refractivity contribution in [3.63, 3.8) is 0 Å². The zero-order valence-electron chi connectivity index (χ0n) is 62.8. The van der Waals surface area contributed by atoms with Gasteiger partial charge in [0.15, 0.2) is 12.2 Å². The van der Waals surface area contributed by atoms with Crippen molar-refractivity contribution >= 4 is 39.5 Å². The van der Waals surface area contributed by atoms with E-state index < -0.39 is 97.5 Å². The standard InChI is InChI=1S/C77H150O17P2/c1-8-9-10-11-12-13-14-15-16-17-20-26-31-36-44-51-58-74(79)87-64-72(93-76(81)60-53-46-37-32-27-21-18-19-24-29-34-41-48-55-68(2)3)66-91-95(83,84)89-62-71(78)63-90-96(85,86)92-67-73(65-88-75(80)59-52-45-40-39-43-50-57-70(6)7)94-77(82)61-54-47-38-33-28-23-22-25-30-35-42-49-56-69(4)5/h68-73,78H,8-67H2,1-7H3,(H,83,84)(H,85,86)/t71-,72-,73-/m1/s1. The highest BCUT2D eigenvalue weighted by Gasteiger charge is 2.30. The molecule has 2 unspecified atom stereocenters. The van der Waals surface area contributed by atoms with Crippen LogP contribution in [0.2, 0.25) is 0 Å². The van der Waals surface area contributed by atoms with Gasteiger partial charge in [0, 0.05) is 25.7 Å². The maximum Gasteiger partial charge on any atom is 0.472 e. The highest BCUT2D eigenvalue weighted by molar-refractivity contribution is 7.47. The lowest BCUT2D eigenvalue weighted by atomic mass is 10.0. The third-order valence-electron chi connectivity index (χ3n) is 17.9. The van der Waals surface area contributed by atoms with Crippen LogP contribution in [0.4, 0.5) is 0 Å². The summed E-state index contributed by atoms with van der Waals surface area (Å²) in [5.74, 6) is 0.125. The average Bonchev–Trinajstić information content (AvgIpc) is 1.13. The number of aliphatic hydroxyl groups excluding tert-OH is 1. The lowest BCUT2D eigenvalue weighted by molar-refractivity contribution is -0.161. The maximum atomic E-state index is 13.1. The second kappa shape index (κ2) is 67.5. The summed E-state index contributed by atoms with van der Waals surface area (Å²) in [5, 5.41) is 10.6. The van der Waals surface area contributed by atoms with Gasteiger partial charge in [0.05, 0.1) is 26.4 Å². The summed E-state index contributed by atoms with van der Waals surface area (Å²) in [6, 6.07) is 0. The van der Waals surface area contributed by atoms with Gasteiger partial charge in [0.1, 0.15) is 19.3 Å². The van der Waals surface area contributed by atoms with E-state index in [1.165, 1.54) is 199 Å². The Bertz CT molecular complexity index is 1870. The molecule has 0 radical (unpaired) electrons. The van der Waals surface area contributed by atoms with Crippen LogP contribution in [-0.2, 0) is 65.4 Å². The molecule has 0 spiro atoms. The van der Waals surface area contributed by atoms with E-state index >= 15 is 0 Å². The predicted molar refractivity (Wildman–Crippen MR) is 391 cm³/mol. The highest BCUT2D eigenvalue weighted by atomic mass is 31.2. The monoisotopic (exact) mass is 1410 g/mol. The number of carbonyl (C=O) groups excluding carboxylic acids is 4. The largest absolute Gasteiger partial charge is 0.472 e. The smallest absolute Gasteiger partial charge is 0.462 e. The minimum Gasteiger partial charge on any atom is -0.462 e. The van der Waals surface area contributed by atoms with Gasteiger partial charge in [-0.1, -0.05) is 344 Å². The number of hydrogen-bond acceptors (Lipinski definition) is 15. The summed E-state index contributed by atoms with van der Waals surface area (Å²) >= 11 is 0. The van der Waals surface area contributed by atoms with Gasteiger partial charge in [-0.3, -0.25) is 37.3 Å². The van der Waals surface area contributed by atoms with Gasteiger partial charge in [-0.15, -0.1) is 0 Å². The zero-order valence-corrected chi connectivity index (χ0v) is 64.6. The summed E-state index contributed by atoms with van der Waals surface area (Å²) in [7, 11) is -9.91. The first kappa shape index (κ1) is 94.1. The second-order valence-corrected chi connectivity index (χ2v) is 32.1. The van der Waals surface area contributed by atoms with E-state index in [0.29, 0.717) is 31.6 Å². The van der Waals surface area contributed by atoms with Crippen molar-refractivity contribution in [2.45, 2.75) is 414 Å². The molecule has 0 aromatic carbocycles. The first-order valence-electron chi connectivity index (χ1n) is 39.8. The van der Waals surface area contributed by atoms with Crippen molar-refractivity contribution in [1.29, 1.82) is 0 Å². The molecule has 0 aliphatic carbocycles. The van der Waals surface area contributed by atoms with Crippen LogP contribution in [0, 0.1) is 17.8 Å². The van der Waals surface area contributed by atoms with Crippen LogP contribution in [0.1, 0.15) is 395 Å². The Kier molecular flexibility index (Phi) is 66.2. The number of carbonyl (C=O) groups is 4. The van der Waals surface area contributed by atoms with Gasteiger partial charge < -0.3 is 33.8 Å². The average molecular weight is 1410 g/mol. The molecule has 96 heavy (non-hydrogen) atoms. The molecule has 0 rings (SSSR count). The van der Waals surface area contributed by atoms with Gasteiger partial charge in [-0.05, 0) is 43.4 Å². The van der Waals surface area contributed by atoms with Crippen LogP contribution in [0.5, 0.6) is 0 Å². The molecule has 0 aliphatic rings. The fraction of sp³-hybridized carbons (Fsp3) is 0.948. The predicted octanol–water partition coefficient (Wildman–Crippen LogP) is 22.6. The molecule has 0 fully saturated rings. The first-order valence-corrected chi connectivity index (χ1v) is 42.8. The van der Waals surface area contributed by atoms with Crippen LogP contribution in [0.15, 0.2) is 0 Å². The minimum absolute atomic E-state index is 0.106. The molecule has 0 bridgehead atoms. The van der Waals surface area contributed by atoms with Crippen LogP contribution in [0.3, 0.4) is 0 Å². The molecule has 0 amide bonds. The molecule has 3 N–H and O–H groups in total. The fourth-order valence-corrected chi connectivity index (χ4v) is 13.4. The minimum atomic E-state index is -4.96. The van der Waals surface area contributed by atoms with E-state index in [4.69, 9.17) is 37.0 Å². The maximum absolute atomic E-state index is 13.1. The van der Waals surface area contributed by atoms with Crippen molar-refractivity contribution in [3.05, 3.63) is 0 Å². The van der Waals surface area contributed by atoms with Gasteiger partial charge in [-0.2, -0.15) is 0 Å². The van der Waals surface area contributed by atoms with Crippen molar-refractivity contribution in [3.8, 4) is 0 Å². The molecule has 0 aromatic rings. The molecular formula is C77H150O17P2. The van der Waals surface area contributed by atoms with Crippen molar-refractivity contribution in [1.82, 2.24) is 0 Å². The number of phosphoric ester groups is 2. The Morgan fingerprint density at radius 2 is 0.479 bits per heavy atom. The van der Waals surface area contributed by atoms with E-state index in [1.54, 1.807) is 0 Å². The quantitative estimate of drug-likeness (QED) is 0.0222. The normalized spacial score (nSPS) is 14.1. The van der Waals surface area contributed by atoms with Crippen LogP contribution >= 0.6 is 15.6 Å². The molecule has 570 valence electrons. The van der Waals surface area contributed by atoms with Crippen molar-refractivity contribution < 1.29 is 80.2 Å². The number of ether oxygens (including phenoxy) is 4. The third-order valence-corrected chi connectivity index (χ3v) is 19.8. The number of esters is 4. The molecule has 17 nitrogen and oxygen atoms in total. The summed E-state index contributed by atoms with van der Waals surface area (Å²) < 4.78 is 68.6. The molecule has 5 atom stereocenters. The van der Waals surface area contributed by atoms with Gasteiger partial charge in [0.2, 0.25) is 0 Å². The Hall–Kier alpha value is -1.94. The van der Waals surface area contributed by atoms with Gasteiger partial charge in [-0.25, -0.2) is 9.13 Å². The van der Waals surface area contributed by atoms with Gasteiger partial charge in [0.25, 0.3) is 0 Å². The number of rotatable bonds is 75. The summed E-state index contributed by atoms with van der Waals surface area (Å²) in [5.41, 5.74) is 0.